The van der Waals surface area contributed by atoms with Crippen LogP contribution in [-0.4, -0.2) is 21.6 Å². The molecule has 0 fully saturated rings. The molecule has 8 heteroatoms. The van der Waals surface area contributed by atoms with E-state index in [1.807, 2.05) is 30.3 Å². The molecule has 2 heterocycles. The number of alkyl halides is 4. The van der Waals surface area contributed by atoms with E-state index >= 15 is 0 Å². The number of hydrogen-bond acceptors (Lipinski definition) is 3. The minimum atomic E-state index is -4.46. The highest BCUT2D eigenvalue weighted by molar-refractivity contribution is 7.10. The first kappa shape index (κ1) is 19.6. The molecule has 29 heavy (non-hydrogen) atoms. The minimum Gasteiger partial charge on any atom is -0.382 e. The minimum absolute atomic E-state index is 0.247. The Kier molecular flexibility index (Phi) is 4.92. The fraction of sp³-hybridized carbons (Fsp3) is 0.190. The molecule has 150 valence electrons. The van der Waals surface area contributed by atoms with Crippen LogP contribution >= 0.6 is 11.3 Å². The molecule has 0 aliphatic heterocycles. The Morgan fingerprint density at radius 1 is 1.00 bits per heavy atom. The molecule has 4 rings (SSSR count). The van der Waals surface area contributed by atoms with Gasteiger partial charge in [0.1, 0.15) is 12.3 Å². The van der Waals surface area contributed by atoms with Crippen molar-refractivity contribution in [2.75, 3.05) is 6.67 Å². The Morgan fingerprint density at radius 3 is 2.41 bits per heavy atom. The smallest absolute Gasteiger partial charge is 0.382 e. The molecule has 0 saturated heterocycles. The van der Waals surface area contributed by atoms with Crippen LogP contribution < -0.4 is 0 Å². The normalized spacial score (nSPS) is 14.2. The summed E-state index contributed by atoms with van der Waals surface area (Å²) < 4.78 is 54.0. The van der Waals surface area contributed by atoms with Crippen LogP contribution in [0.4, 0.5) is 17.6 Å². The van der Waals surface area contributed by atoms with Gasteiger partial charge in [0.2, 0.25) is 0 Å². The number of thiophene rings is 1. The monoisotopic (exact) mass is 420 g/mol. The lowest BCUT2D eigenvalue weighted by Gasteiger charge is -2.25. The summed E-state index contributed by atoms with van der Waals surface area (Å²) in [5, 5.41) is 16.9. The number of para-hydroxylation sites is 1. The van der Waals surface area contributed by atoms with Crippen molar-refractivity contribution in [3.63, 3.8) is 0 Å². The van der Waals surface area contributed by atoms with Crippen LogP contribution in [0.1, 0.15) is 16.0 Å². The largest absolute Gasteiger partial charge is 0.417 e. The highest BCUT2D eigenvalue weighted by atomic mass is 32.1. The van der Waals surface area contributed by atoms with Gasteiger partial charge in [0.25, 0.3) is 0 Å². The fourth-order valence-corrected chi connectivity index (χ4v) is 4.23. The Bertz CT molecular complexity index is 1140. The predicted molar refractivity (Wildman–Crippen MR) is 104 cm³/mol. The standard InChI is InChI=1S/C21H16F4N2OS/c22-13-20(28,10-18-9-16(12-29-18)21(23,24)25)15-6-7-19-14(8-15)11-26-27(19)17-4-2-1-3-5-17/h1-9,11-12,28H,10,13H2. The number of hydrogen-bond donors (Lipinski definition) is 1. The lowest BCUT2D eigenvalue weighted by molar-refractivity contribution is -0.137. The first-order valence-electron chi connectivity index (χ1n) is 8.77. The van der Waals surface area contributed by atoms with Crippen molar-refractivity contribution in [2.24, 2.45) is 0 Å². The lowest BCUT2D eigenvalue weighted by atomic mass is 9.90. The third kappa shape index (κ3) is 3.77. The first-order valence-corrected chi connectivity index (χ1v) is 9.65. The molecule has 2 aromatic heterocycles. The van der Waals surface area contributed by atoms with Gasteiger partial charge in [-0.15, -0.1) is 11.3 Å². The number of halogens is 4. The van der Waals surface area contributed by atoms with E-state index in [1.54, 1.807) is 29.1 Å². The summed E-state index contributed by atoms with van der Waals surface area (Å²) in [4.78, 5) is 0.262. The molecule has 0 bridgehead atoms. The van der Waals surface area contributed by atoms with E-state index in [9.17, 15) is 22.7 Å². The molecule has 0 spiro atoms. The van der Waals surface area contributed by atoms with E-state index in [1.165, 1.54) is 0 Å². The Labute approximate surface area is 167 Å². The van der Waals surface area contributed by atoms with Gasteiger partial charge in [-0.25, -0.2) is 9.07 Å². The maximum atomic E-state index is 13.8. The topological polar surface area (TPSA) is 38.1 Å². The second-order valence-corrected chi connectivity index (χ2v) is 7.80. The van der Waals surface area contributed by atoms with Crippen LogP contribution in [-0.2, 0) is 18.2 Å². The predicted octanol–water partition coefficient (Wildman–Crippen LogP) is 5.51. The van der Waals surface area contributed by atoms with E-state index in [4.69, 9.17) is 0 Å². The van der Waals surface area contributed by atoms with Gasteiger partial charge in [0.15, 0.2) is 0 Å². The molecule has 4 aromatic rings. The van der Waals surface area contributed by atoms with Crippen LogP contribution in [0.15, 0.2) is 66.2 Å². The number of aromatic nitrogens is 2. The number of nitrogens with zero attached hydrogens (tertiary/aromatic N) is 2. The molecule has 1 atom stereocenters. The zero-order valence-electron chi connectivity index (χ0n) is 15.0. The molecule has 1 N–H and O–H groups in total. The number of aliphatic hydroxyl groups is 1. The Morgan fingerprint density at radius 2 is 1.76 bits per heavy atom. The quantitative estimate of drug-likeness (QED) is 0.433. The highest BCUT2D eigenvalue weighted by Crippen LogP contribution is 2.36. The van der Waals surface area contributed by atoms with E-state index in [2.05, 4.69) is 5.10 Å². The molecule has 1 unspecified atom stereocenters. The summed E-state index contributed by atoms with van der Waals surface area (Å²) in [6.07, 6.45) is -3.10. The van der Waals surface area contributed by atoms with E-state index in [-0.39, 0.29) is 11.3 Å². The molecular weight excluding hydrogens is 404 g/mol. The van der Waals surface area contributed by atoms with Crippen molar-refractivity contribution in [3.05, 3.63) is 82.2 Å². The van der Waals surface area contributed by atoms with Crippen molar-refractivity contribution in [3.8, 4) is 5.69 Å². The van der Waals surface area contributed by atoms with Gasteiger partial charge < -0.3 is 5.11 Å². The molecule has 0 saturated carbocycles. The van der Waals surface area contributed by atoms with E-state index < -0.39 is 24.0 Å². The Balaban J connectivity index is 1.67. The van der Waals surface area contributed by atoms with Crippen LogP contribution in [0.5, 0.6) is 0 Å². The van der Waals surface area contributed by atoms with Crippen molar-refractivity contribution in [1.29, 1.82) is 0 Å². The lowest BCUT2D eigenvalue weighted by Crippen LogP contribution is -2.30. The highest BCUT2D eigenvalue weighted by Gasteiger charge is 2.35. The number of benzene rings is 2. The van der Waals surface area contributed by atoms with Crippen LogP contribution in [0.25, 0.3) is 16.6 Å². The first-order chi connectivity index (χ1) is 13.8. The van der Waals surface area contributed by atoms with Gasteiger partial charge in [0, 0.05) is 22.1 Å². The summed E-state index contributed by atoms with van der Waals surface area (Å²) in [6, 6.07) is 15.3. The molecule has 3 nitrogen and oxygen atoms in total. The fourth-order valence-electron chi connectivity index (χ4n) is 3.23. The maximum absolute atomic E-state index is 13.8. The maximum Gasteiger partial charge on any atom is 0.417 e. The van der Waals surface area contributed by atoms with Gasteiger partial charge in [0.05, 0.1) is 23.0 Å². The summed E-state index contributed by atoms with van der Waals surface area (Å²) in [7, 11) is 0. The second kappa shape index (κ2) is 7.27. The Hall–Kier alpha value is -2.71. The molecule has 0 aliphatic carbocycles. The van der Waals surface area contributed by atoms with Crippen LogP contribution in [0.2, 0.25) is 0 Å². The third-order valence-electron chi connectivity index (χ3n) is 4.77. The molecule has 0 radical (unpaired) electrons. The average Bonchev–Trinajstić information content (AvgIpc) is 3.35. The SMILES string of the molecule is OC(CF)(Cc1cc(C(F)(F)F)cs1)c1ccc2c(cnn2-c2ccccc2)c1. The van der Waals surface area contributed by atoms with Gasteiger partial charge in [-0.05, 0) is 35.9 Å². The van der Waals surface area contributed by atoms with Crippen LogP contribution in [0, 0.1) is 0 Å². The van der Waals surface area contributed by atoms with Gasteiger partial charge in [-0.2, -0.15) is 18.3 Å². The summed E-state index contributed by atoms with van der Waals surface area (Å²) in [6.45, 7) is -1.12. The number of fused-ring (bicyclic) bond motifs is 1. The zero-order chi connectivity index (χ0) is 20.6. The molecule has 2 aromatic carbocycles. The van der Waals surface area contributed by atoms with Crippen molar-refractivity contribution in [2.45, 2.75) is 18.2 Å². The average molecular weight is 420 g/mol. The van der Waals surface area contributed by atoms with Crippen molar-refractivity contribution >= 4 is 22.2 Å². The second-order valence-electron chi connectivity index (χ2n) is 6.81. The third-order valence-corrected chi connectivity index (χ3v) is 5.71. The summed E-state index contributed by atoms with van der Waals surface area (Å²) >= 11 is 0.855. The molecule has 0 amide bonds. The van der Waals surface area contributed by atoms with Gasteiger partial charge >= 0.3 is 6.18 Å². The van der Waals surface area contributed by atoms with E-state index in [0.29, 0.717) is 10.9 Å². The van der Waals surface area contributed by atoms with Crippen LogP contribution in [0.3, 0.4) is 0 Å². The summed E-state index contributed by atoms with van der Waals surface area (Å²) in [5.74, 6) is 0. The van der Waals surface area contributed by atoms with Crippen molar-refractivity contribution < 1.29 is 22.7 Å². The van der Waals surface area contributed by atoms with Gasteiger partial charge in [-0.1, -0.05) is 24.3 Å². The van der Waals surface area contributed by atoms with Gasteiger partial charge in [-0.3, -0.25) is 0 Å². The van der Waals surface area contributed by atoms with Crippen molar-refractivity contribution in [1.82, 2.24) is 9.78 Å². The molecule has 0 aliphatic rings. The summed E-state index contributed by atoms with van der Waals surface area (Å²) in [5.41, 5.74) is -0.789. The van der Waals surface area contributed by atoms with E-state index in [0.717, 1.165) is 34.0 Å². The zero-order valence-corrected chi connectivity index (χ0v) is 15.8. The number of rotatable bonds is 5. The molecular formula is C21H16F4N2OS.